The number of aliphatic hydroxyl groups excluding tert-OH is 1. The number of aliphatic carboxylic acids is 2. The number of amides is 10. The lowest BCUT2D eigenvalue weighted by Crippen LogP contribution is -2.62. The van der Waals surface area contributed by atoms with Crippen molar-refractivity contribution in [3.63, 3.8) is 0 Å². The summed E-state index contributed by atoms with van der Waals surface area (Å²) in [5.41, 5.74) is 33.9. The van der Waals surface area contributed by atoms with Crippen LogP contribution < -0.4 is 82.3 Å². The van der Waals surface area contributed by atoms with Gasteiger partial charge in [-0.25, -0.2) is 4.79 Å². The number of nitrogens with zero attached hydrogens (tertiary/aromatic N) is 2. The van der Waals surface area contributed by atoms with E-state index >= 15 is 0 Å². The van der Waals surface area contributed by atoms with Gasteiger partial charge in [0, 0.05) is 25.9 Å². The fourth-order valence-corrected chi connectivity index (χ4v) is 10.8. The van der Waals surface area contributed by atoms with Crippen molar-refractivity contribution in [2.24, 2.45) is 56.2 Å². The number of carbonyl (C=O) groups is 12. The summed E-state index contributed by atoms with van der Waals surface area (Å²) in [7, 11) is 0. The SMILES string of the molecule is CCCCCCCCCCCCCCCCCC(=O)N[C@H](C(=O)N[C@@H](CCCN=C(N)N)C(=O)N[C@@H](Cc1ccccc1)C(=O)N[C@H](C(=O)N[C@@H](CCCN=C(N)N)C(=O)N[C@@H](CC(N)=O)C(=O)N[C@@H](CC(=O)O)C(=O)N[C@@H](CCCCN)C(=O)N[C@@H](CC(C)C)C(=O)O)[C@@H](C)O)C(C)C. The maximum Gasteiger partial charge on any atom is 0.326 e. The predicted octanol–water partition coefficient (Wildman–Crippen LogP) is 0.608. The second-order valence-corrected chi connectivity index (χ2v) is 26.3. The van der Waals surface area contributed by atoms with Gasteiger partial charge in [-0.1, -0.05) is 155 Å². The summed E-state index contributed by atoms with van der Waals surface area (Å²) in [4.78, 5) is 171. The number of aliphatic imine (C=N–C) groups is 2. The summed E-state index contributed by atoms with van der Waals surface area (Å²) >= 11 is 0. The molecule has 0 aliphatic rings. The zero-order valence-electron chi connectivity index (χ0n) is 59.6. The van der Waals surface area contributed by atoms with Gasteiger partial charge in [-0.3, -0.25) is 62.7 Å². The summed E-state index contributed by atoms with van der Waals surface area (Å²) in [5, 5.41) is 53.1. The fourth-order valence-electron chi connectivity index (χ4n) is 10.8. The highest BCUT2D eigenvalue weighted by Gasteiger charge is 2.38. The Morgan fingerprint density at radius 3 is 1.23 bits per heavy atom. The number of hydrogen-bond donors (Lipinski definition) is 18. The summed E-state index contributed by atoms with van der Waals surface area (Å²) in [5.74, 6) is -14.1. The Morgan fingerprint density at radius 2 is 0.820 bits per heavy atom. The minimum atomic E-state index is -2.00. The molecule has 0 aromatic heterocycles. The molecule has 1 aromatic carbocycles. The van der Waals surface area contributed by atoms with Gasteiger partial charge in [0.15, 0.2) is 11.9 Å². The first-order chi connectivity index (χ1) is 47.4. The Balaban J connectivity index is 3.53. The van der Waals surface area contributed by atoms with Crippen molar-refractivity contribution < 1.29 is 72.9 Å². The molecule has 10 amide bonds. The molecule has 0 saturated carbocycles. The number of benzene rings is 1. The van der Waals surface area contributed by atoms with Crippen LogP contribution in [0.25, 0.3) is 0 Å². The Labute approximate surface area is 588 Å². The average molecular weight is 1410 g/mol. The summed E-state index contributed by atoms with van der Waals surface area (Å²) < 4.78 is 0. The maximum absolute atomic E-state index is 14.6. The van der Waals surface area contributed by atoms with Gasteiger partial charge >= 0.3 is 11.9 Å². The number of nitrogens with one attached hydrogen (secondary N) is 9. The van der Waals surface area contributed by atoms with Crippen molar-refractivity contribution in [3.05, 3.63) is 35.9 Å². The lowest BCUT2D eigenvalue weighted by atomic mass is 10.0. The van der Waals surface area contributed by atoms with Crippen LogP contribution in [0.1, 0.15) is 214 Å². The van der Waals surface area contributed by atoms with E-state index in [-0.39, 0.29) is 101 Å². The molecule has 0 bridgehead atoms. The predicted molar refractivity (Wildman–Crippen MR) is 379 cm³/mol. The van der Waals surface area contributed by atoms with E-state index in [0.717, 1.165) is 32.6 Å². The number of unbranched alkanes of at least 4 members (excludes halogenated alkanes) is 15. The number of rotatable bonds is 56. The monoisotopic (exact) mass is 1410 g/mol. The molecule has 0 unspecified atom stereocenters. The minimum Gasteiger partial charge on any atom is -0.481 e. The van der Waals surface area contributed by atoms with E-state index in [4.69, 9.17) is 34.4 Å². The molecule has 0 fully saturated rings. The second-order valence-electron chi connectivity index (χ2n) is 26.3. The lowest BCUT2D eigenvalue weighted by molar-refractivity contribution is -0.143. The van der Waals surface area contributed by atoms with E-state index in [1.54, 1.807) is 58.0 Å². The zero-order chi connectivity index (χ0) is 75.1. The van der Waals surface area contributed by atoms with Crippen LogP contribution in [-0.4, -0.2) is 178 Å². The molecule has 1 rings (SSSR count). The lowest BCUT2D eigenvalue weighted by Gasteiger charge is -2.29. The van der Waals surface area contributed by atoms with E-state index < -0.39 is 144 Å². The quantitative estimate of drug-likeness (QED) is 0.0241. The topological polar surface area (TPSA) is 555 Å². The Kier molecular flexibility index (Phi) is 46.0. The molecule has 100 heavy (non-hydrogen) atoms. The molecule has 566 valence electrons. The number of nitrogens with two attached hydrogens (primary N) is 6. The third-order valence-corrected chi connectivity index (χ3v) is 16.4. The van der Waals surface area contributed by atoms with Crippen LogP contribution in [0.4, 0.5) is 0 Å². The summed E-state index contributed by atoms with van der Waals surface area (Å²) in [6.45, 7) is 10.4. The highest BCUT2D eigenvalue weighted by molar-refractivity contribution is 6.00. The normalized spacial score (nSPS) is 14.1. The molecule has 10 atom stereocenters. The van der Waals surface area contributed by atoms with Gasteiger partial charge in [0.2, 0.25) is 59.1 Å². The van der Waals surface area contributed by atoms with Crippen molar-refractivity contribution in [2.45, 2.75) is 275 Å². The summed E-state index contributed by atoms with van der Waals surface area (Å²) in [6.07, 6.45) is 13.8. The Bertz CT molecular complexity index is 2750. The van der Waals surface area contributed by atoms with Crippen LogP contribution in [0, 0.1) is 11.8 Å². The fraction of sp³-hybridized carbons (Fsp3) is 0.706. The minimum absolute atomic E-state index is 0.0186. The average Bonchev–Trinajstić information content (AvgIpc) is 0.853. The molecule has 32 nitrogen and oxygen atoms in total. The third-order valence-electron chi connectivity index (χ3n) is 16.4. The number of hydrogen-bond acceptors (Lipinski definition) is 16. The number of carboxylic acids is 2. The first kappa shape index (κ1) is 89.3. The molecule has 0 saturated heterocycles. The van der Waals surface area contributed by atoms with Crippen LogP contribution in [0.2, 0.25) is 0 Å². The largest absolute Gasteiger partial charge is 0.481 e. The van der Waals surface area contributed by atoms with Crippen molar-refractivity contribution in [2.75, 3.05) is 19.6 Å². The second kappa shape index (κ2) is 51.5. The first-order valence-electron chi connectivity index (χ1n) is 35.4. The van der Waals surface area contributed by atoms with Crippen LogP contribution in [-0.2, 0) is 64.0 Å². The molecular weight excluding hydrogens is 1290 g/mol. The molecule has 0 aliphatic carbocycles. The molecule has 0 spiro atoms. The van der Waals surface area contributed by atoms with Crippen molar-refractivity contribution in [1.29, 1.82) is 0 Å². The van der Waals surface area contributed by atoms with Gasteiger partial charge in [-0.15, -0.1) is 0 Å². The van der Waals surface area contributed by atoms with Gasteiger partial charge in [-0.2, -0.15) is 0 Å². The molecule has 0 heterocycles. The van der Waals surface area contributed by atoms with E-state index in [1.165, 1.54) is 64.2 Å². The maximum atomic E-state index is 14.6. The van der Waals surface area contributed by atoms with Crippen LogP contribution >= 0.6 is 0 Å². The number of guanidine groups is 2. The highest BCUT2D eigenvalue weighted by atomic mass is 16.4. The van der Waals surface area contributed by atoms with Crippen LogP contribution in [0.15, 0.2) is 40.3 Å². The summed E-state index contributed by atoms with van der Waals surface area (Å²) in [6, 6.07) is -6.00. The standard InChI is InChI=1S/C68H119N17O15/c1-7-8-9-10-11-12-13-14-15-16-17-18-19-20-24-34-54(88)84-56(43(4)5)64(97)78-47(32-27-36-75-67(71)72)58(91)80-49(39-45-29-22-21-23-30-45)63(96)85-57(44(6)86)65(98)79-48(33-28-37-76-68(73)74)59(92)81-50(40-53(70)87)61(94)82-51(41-55(89)90)62(95)77-46(31-25-26-35-69)60(93)83-52(66(99)100)38-42(2)3/h21-23,29-30,42-44,46-52,56-57,86H,7-20,24-28,31-41,69H2,1-6H3,(H2,70,87)(H,77,95)(H,78,97)(H,79,98)(H,80,91)(H,81,92)(H,82,94)(H,83,93)(H,84,88)(H,85,96)(H,89,90)(H,99,100)(H4,71,72,75)(H4,73,74,76)/t44-,46+,47+,48+,49+,50+,51+,52+,56+,57+/m1/s1. The Hall–Kier alpha value is -8.68. The smallest absolute Gasteiger partial charge is 0.326 e. The molecular formula is C68H119N17O15. The molecule has 24 N–H and O–H groups in total. The van der Waals surface area contributed by atoms with Gasteiger partial charge in [0.1, 0.15) is 54.4 Å². The van der Waals surface area contributed by atoms with Crippen molar-refractivity contribution in [1.82, 2.24) is 47.9 Å². The molecule has 1 aromatic rings. The van der Waals surface area contributed by atoms with E-state index in [1.807, 2.05) is 0 Å². The van der Waals surface area contributed by atoms with Gasteiger partial charge in [0.25, 0.3) is 0 Å². The number of primary amides is 1. The van der Waals surface area contributed by atoms with Crippen LogP contribution in [0.3, 0.4) is 0 Å². The zero-order valence-corrected chi connectivity index (χ0v) is 59.6. The number of aliphatic hydroxyl groups is 1. The van der Waals surface area contributed by atoms with E-state index in [0.29, 0.717) is 18.4 Å². The van der Waals surface area contributed by atoms with Crippen molar-refractivity contribution >= 4 is 82.9 Å². The van der Waals surface area contributed by atoms with E-state index in [9.17, 15) is 72.9 Å². The first-order valence-corrected chi connectivity index (χ1v) is 35.4. The van der Waals surface area contributed by atoms with Crippen molar-refractivity contribution in [3.8, 4) is 0 Å². The van der Waals surface area contributed by atoms with Gasteiger partial charge in [-0.05, 0) is 88.7 Å². The molecule has 0 radical (unpaired) electrons. The van der Waals surface area contributed by atoms with Crippen LogP contribution in [0.5, 0.6) is 0 Å². The molecule has 0 aliphatic heterocycles. The third kappa shape index (κ3) is 40.4. The highest BCUT2D eigenvalue weighted by Crippen LogP contribution is 2.16. The van der Waals surface area contributed by atoms with Gasteiger partial charge < -0.3 is 97.6 Å². The Morgan fingerprint density at radius 1 is 0.430 bits per heavy atom. The van der Waals surface area contributed by atoms with E-state index in [2.05, 4.69) is 64.8 Å². The number of carboxylic acid groups (broad SMARTS) is 2. The molecule has 32 heteroatoms. The van der Waals surface area contributed by atoms with Gasteiger partial charge in [0.05, 0.1) is 18.9 Å². The number of carbonyl (C=O) groups excluding carboxylic acids is 10.